The summed E-state index contributed by atoms with van der Waals surface area (Å²) >= 11 is 0. The third-order valence-electron chi connectivity index (χ3n) is 4.32. The van der Waals surface area contributed by atoms with Crippen molar-refractivity contribution in [1.29, 1.82) is 0 Å². The molecule has 0 fully saturated rings. The van der Waals surface area contributed by atoms with Gasteiger partial charge in [0.05, 0.1) is 12.4 Å². The van der Waals surface area contributed by atoms with E-state index in [0.29, 0.717) is 5.56 Å². The maximum absolute atomic E-state index is 12.3. The Kier molecular flexibility index (Phi) is 8.83. The van der Waals surface area contributed by atoms with Crippen LogP contribution in [0.15, 0.2) is 42.7 Å². The highest BCUT2D eigenvalue weighted by atomic mass is 32.2. The molecule has 0 unspecified atom stereocenters. The minimum Gasteiger partial charge on any atom is -0.373 e. The molecule has 0 aliphatic rings. The van der Waals surface area contributed by atoms with Gasteiger partial charge in [-0.05, 0) is 18.4 Å². The van der Waals surface area contributed by atoms with Crippen LogP contribution in [0, 0.1) is 0 Å². The first kappa shape index (κ1) is 23.9. The van der Waals surface area contributed by atoms with Crippen molar-refractivity contribution in [2.24, 2.45) is 0 Å². The Morgan fingerprint density at radius 3 is 2.17 bits per heavy atom. The minimum absolute atomic E-state index is 0.245. The molecule has 0 radical (unpaired) electrons. The number of nitrogens with zero attached hydrogens (tertiary/aromatic N) is 2. The average molecular weight is 443 g/mol. The molecule has 1 aromatic carbocycles. The number of rotatable bonds is 11. The van der Waals surface area contributed by atoms with Gasteiger partial charge in [-0.25, -0.2) is 9.97 Å². The molecule has 2 aromatic rings. The summed E-state index contributed by atoms with van der Waals surface area (Å²) in [5.74, 6) is -0.361. The van der Waals surface area contributed by atoms with E-state index in [1.807, 2.05) is 18.2 Å². The molecule has 1 aromatic heterocycles. The molecule has 30 heavy (non-hydrogen) atoms. The second kappa shape index (κ2) is 11.1. The van der Waals surface area contributed by atoms with E-state index in [2.05, 4.69) is 27.2 Å². The monoisotopic (exact) mass is 442 g/mol. The molecule has 0 N–H and O–H groups in total. The molecule has 0 amide bonds. The smallest absolute Gasteiger partial charge is 0.373 e. The minimum atomic E-state index is -5.74. The third kappa shape index (κ3) is 7.44. The van der Waals surface area contributed by atoms with Crippen molar-refractivity contribution in [3.05, 3.63) is 48.3 Å². The molecule has 0 aliphatic heterocycles. The summed E-state index contributed by atoms with van der Waals surface area (Å²) in [5.41, 5.74) is -3.85. The Bertz CT molecular complexity index is 910. The van der Waals surface area contributed by atoms with Gasteiger partial charge in [0.15, 0.2) is 11.6 Å². The molecule has 0 bridgehead atoms. The van der Waals surface area contributed by atoms with Crippen LogP contribution >= 0.6 is 0 Å². The van der Waals surface area contributed by atoms with E-state index >= 15 is 0 Å². The lowest BCUT2D eigenvalue weighted by Gasteiger charge is -2.09. The summed E-state index contributed by atoms with van der Waals surface area (Å²) in [4.78, 5) is 7.75. The van der Waals surface area contributed by atoms with Gasteiger partial charge in [0, 0.05) is 5.56 Å². The highest BCUT2D eigenvalue weighted by molar-refractivity contribution is 7.87. The fourth-order valence-corrected chi connectivity index (χ4v) is 3.12. The first-order chi connectivity index (χ1) is 14.2. The van der Waals surface area contributed by atoms with Crippen molar-refractivity contribution in [1.82, 2.24) is 9.97 Å². The SMILES string of the molecule is CCCCCCCCC=Cc1ccc(-c2ncc(OS(=O)(=O)C(F)(F)F)cn2)cc1. The van der Waals surface area contributed by atoms with E-state index in [-0.39, 0.29) is 5.82 Å². The first-order valence-electron chi connectivity index (χ1n) is 9.82. The summed E-state index contributed by atoms with van der Waals surface area (Å²) in [6.07, 6.45) is 14.5. The van der Waals surface area contributed by atoms with Gasteiger partial charge in [0.25, 0.3) is 0 Å². The topological polar surface area (TPSA) is 69.2 Å². The van der Waals surface area contributed by atoms with Gasteiger partial charge in [0.1, 0.15) is 0 Å². The maximum atomic E-state index is 12.3. The molecule has 0 saturated carbocycles. The quantitative estimate of drug-likeness (QED) is 0.238. The Hall–Kier alpha value is -2.42. The molecular formula is C21H25F3N2O3S. The van der Waals surface area contributed by atoms with Crippen LogP contribution in [0.2, 0.25) is 0 Å². The van der Waals surface area contributed by atoms with Crippen LogP contribution in [0.3, 0.4) is 0 Å². The lowest BCUT2D eigenvalue weighted by Crippen LogP contribution is -2.28. The van der Waals surface area contributed by atoms with Gasteiger partial charge in [-0.2, -0.15) is 21.6 Å². The number of benzene rings is 1. The van der Waals surface area contributed by atoms with Crippen LogP contribution in [-0.4, -0.2) is 23.9 Å². The third-order valence-corrected chi connectivity index (χ3v) is 5.30. The fraction of sp³-hybridized carbons (Fsp3) is 0.429. The van der Waals surface area contributed by atoms with E-state index in [1.54, 1.807) is 12.1 Å². The predicted octanol–water partition coefficient (Wildman–Crippen LogP) is 6.14. The summed E-state index contributed by atoms with van der Waals surface area (Å²) in [6, 6.07) is 7.34. The average Bonchev–Trinajstić information content (AvgIpc) is 2.70. The Morgan fingerprint density at radius 1 is 0.967 bits per heavy atom. The number of aromatic nitrogens is 2. The number of unbranched alkanes of at least 4 members (excludes halogenated alkanes) is 6. The van der Waals surface area contributed by atoms with Crippen LogP contribution in [0.25, 0.3) is 17.5 Å². The van der Waals surface area contributed by atoms with E-state index in [9.17, 15) is 21.6 Å². The summed E-state index contributed by atoms with van der Waals surface area (Å²) in [5, 5.41) is 0. The highest BCUT2D eigenvalue weighted by Gasteiger charge is 2.48. The molecule has 0 atom stereocenters. The van der Waals surface area contributed by atoms with Crippen molar-refractivity contribution >= 4 is 16.2 Å². The van der Waals surface area contributed by atoms with Crippen LogP contribution in [0.5, 0.6) is 5.75 Å². The van der Waals surface area contributed by atoms with Gasteiger partial charge in [-0.15, -0.1) is 0 Å². The standard InChI is InChI=1S/C21H25F3N2O3S/c1-2-3-4-5-6-7-8-9-10-17-11-13-18(14-12-17)20-25-15-19(16-26-20)29-30(27,28)21(22,23)24/h9-16H,2-8H2,1H3. The number of allylic oxidation sites excluding steroid dienone is 1. The van der Waals surface area contributed by atoms with Crippen molar-refractivity contribution in [3.63, 3.8) is 0 Å². The van der Waals surface area contributed by atoms with E-state index in [4.69, 9.17) is 0 Å². The molecule has 9 heteroatoms. The predicted molar refractivity (Wildman–Crippen MR) is 110 cm³/mol. The van der Waals surface area contributed by atoms with Crippen molar-refractivity contribution in [3.8, 4) is 17.1 Å². The lowest BCUT2D eigenvalue weighted by molar-refractivity contribution is -0.0500. The lowest BCUT2D eigenvalue weighted by atomic mass is 10.1. The maximum Gasteiger partial charge on any atom is 0.534 e. The van der Waals surface area contributed by atoms with Crippen LogP contribution < -0.4 is 4.18 Å². The summed E-state index contributed by atoms with van der Waals surface area (Å²) in [6.45, 7) is 2.20. The summed E-state index contributed by atoms with van der Waals surface area (Å²) < 4.78 is 63.0. The van der Waals surface area contributed by atoms with Crippen molar-refractivity contribution in [2.45, 2.75) is 57.4 Å². The Labute approximate surface area is 175 Å². The molecule has 2 rings (SSSR count). The molecule has 164 valence electrons. The Morgan fingerprint density at radius 2 is 1.57 bits per heavy atom. The van der Waals surface area contributed by atoms with Crippen molar-refractivity contribution < 1.29 is 25.8 Å². The molecular weight excluding hydrogens is 417 g/mol. The highest BCUT2D eigenvalue weighted by Crippen LogP contribution is 2.27. The summed E-state index contributed by atoms with van der Waals surface area (Å²) in [7, 11) is -5.74. The zero-order chi connectivity index (χ0) is 22.0. The molecule has 0 aliphatic carbocycles. The second-order valence-corrected chi connectivity index (χ2v) is 8.34. The molecule has 1 heterocycles. The van der Waals surface area contributed by atoms with Gasteiger partial charge in [0.2, 0.25) is 0 Å². The van der Waals surface area contributed by atoms with E-state index in [0.717, 1.165) is 24.4 Å². The largest absolute Gasteiger partial charge is 0.534 e. The fourth-order valence-electron chi connectivity index (χ4n) is 2.69. The zero-order valence-electron chi connectivity index (χ0n) is 16.7. The number of hydrogen-bond donors (Lipinski definition) is 0. The van der Waals surface area contributed by atoms with Gasteiger partial charge < -0.3 is 4.18 Å². The van der Waals surface area contributed by atoms with Crippen LogP contribution in [0.1, 0.15) is 57.4 Å². The first-order valence-corrected chi connectivity index (χ1v) is 11.2. The molecule has 0 saturated heterocycles. The number of alkyl halides is 3. The normalized spacial score (nSPS) is 12.4. The number of hydrogen-bond acceptors (Lipinski definition) is 5. The van der Waals surface area contributed by atoms with E-state index in [1.165, 1.54) is 38.5 Å². The molecule has 5 nitrogen and oxygen atoms in total. The van der Waals surface area contributed by atoms with Gasteiger partial charge in [-0.1, -0.05) is 75.4 Å². The second-order valence-electron chi connectivity index (χ2n) is 6.81. The Balaban J connectivity index is 1.88. The molecule has 0 spiro atoms. The van der Waals surface area contributed by atoms with Gasteiger partial charge in [-0.3, -0.25) is 0 Å². The van der Waals surface area contributed by atoms with Crippen LogP contribution in [-0.2, 0) is 10.1 Å². The van der Waals surface area contributed by atoms with Crippen molar-refractivity contribution in [2.75, 3.05) is 0 Å². The van der Waals surface area contributed by atoms with E-state index < -0.39 is 21.4 Å². The van der Waals surface area contributed by atoms with Gasteiger partial charge >= 0.3 is 15.6 Å². The number of halogens is 3. The zero-order valence-corrected chi connectivity index (χ0v) is 17.5. The van der Waals surface area contributed by atoms with Crippen LogP contribution in [0.4, 0.5) is 13.2 Å².